The number of hydrogen-bond acceptors (Lipinski definition) is 3. The Kier molecular flexibility index (Phi) is 7.01. The van der Waals surface area contributed by atoms with Crippen LogP contribution in [0.25, 0.3) is 72.0 Å². The molecule has 7 aromatic carbocycles. The molecule has 0 saturated heterocycles. The van der Waals surface area contributed by atoms with E-state index in [1.165, 1.54) is 0 Å². The lowest BCUT2D eigenvalue weighted by molar-refractivity contribution is 0.595. The summed E-state index contributed by atoms with van der Waals surface area (Å²) in [6.45, 7) is 0. The molecular weight excluding hydrogens is 633 g/mol. The zero-order chi connectivity index (χ0) is 33.8. The van der Waals surface area contributed by atoms with Gasteiger partial charge in [0.25, 0.3) is 0 Å². The molecule has 50 heavy (non-hydrogen) atoms. The van der Waals surface area contributed by atoms with Crippen LogP contribution < -0.4 is 0 Å². The first-order valence-electron chi connectivity index (χ1n) is 16.6. The van der Waals surface area contributed by atoms with Gasteiger partial charge in [-0.15, -0.1) is 0 Å². The summed E-state index contributed by atoms with van der Waals surface area (Å²) in [4.78, 5) is 0. The van der Waals surface area contributed by atoms with Crippen LogP contribution >= 0.6 is 0 Å². The van der Waals surface area contributed by atoms with Crippen LogP contribution in [-0.2, 0) is 21.3 Å². The van der Waals surface area contributed by atoms with E-state index in [0.717, 1.165) is 83.1 Å². The third kappa shape index (κ3) is 5.18. The van der Waals surface area contributed by atoms with E-state index in [4.69, 9.17) is 0 Å². The minimum Gasteiger partial charge on any atom is -0.309 e. The molecule has 8 aromatic rings. The predicted molar refractivity (Wildman–Crippen MR) is 204 cm³/mol. The van der Waals surface area contributed by atoms with Crippen LogP contribution in [0.4, 0.5) is 0 Å². The normalized spacial score (nSPS) is 13.3. The van der Waals surface area contributed by atoms with E-state index >= 15 is 0 Å². The molecule has 2 heterocycles. The Labute approximate surface area is 291 Å². The predicted octanol–water partition coefficient (Wildman–Crippen LogP) is 10.8. The van der Waals surface area contributed by atoms with E-state index in [1.807, 2.05) is 60.7 Å². The highest BCUT2D eigenvalue weighted by molar-refractivity contribution is 7.89. The maximum absolute atomic E-state index is 13.4. The molecule has 0 radical (unpaired) electrons. The number of fused-ring (bicyclic) bond motifs is 6. The van der Waals surface area contributed by atoms with Crippen molar-refractivity contribution in [3.63, 3.8) is 0 Å². The van der Waals surface area contributed by atoms with E-state index in [2.05, 4.69) is 108 Å². The molecule has 0 aliphatic carbocycles. The Morgan fingerprint density at radius 3 is 1.70 bits per heavy atom. The van der Waals surface area contributed by atoms with E-state index in [1.54, 1.807) is 0 Å². The van der Waals surface area contributed by atoms with Crippen molar-refractivity contribution in [3.05, 3.63) is 174 Å². The molecule has 1 aromatic heterocycles. The van der Waals surface area contributed by atoms with Gasteiger partial charge in [0, 0.05) is 16.5 Å². The minimum atomic E-state index is -3.39. The van der Waals surface area contributed by atoms with Gasteiger partial charge in [0.2, 0.25) is 0 Å². The third-order valence-corrected chi connectivity index (χ3v) is 11.3. The second-order valence-electron chi connectivity index (χ2n) is 13.0. The summed E-state index contributed by atoms with van der Waals surface area (Å²) in [5.41, 5.74) is 13.6. The monoisotopic (exact) mass is 662 g/mol. The van der Waals surface area contributed by atoms with Crippen LogP contribution in [0.2, 0.25) is 0 Å². The van der Waals surface area contributed by atoms with Gasteiger partial charge < -0.3 is 4.57 Å². The van der Waals surface area contributed by atoms with Gasteiger partial charge in [0.1, 0.15) is 0 Å². The lowest BCUT2D eigenvalue weighted by Gasteiger charge is -2.16. The molecule has 9 rings (SSSR count). The Morgan fingerprint density at radius 2 is 1.04 bits per heavy atom. The van der Waals surface area contributed by atoms with E-state index in [0.29, 0.717) is 5.56 Å². The third-order valence-electron chi connectivity index (χ3n) is 9.78. The van der Waals surface area contributed by atoms with Crippen LogP contribution in [0.3, 0.4) is 0 Å². The topological polar surface area (TPSA) is 62.9 Å². The summed E-state index contributed by atoms with van der Waals surface area (Å²) in [6, 6.07) is 56.1. The van der Waals surface area contributed by atoms with Crippen molar-refractivity contribution in [2.24, 2.45) is 0 Å². The average molecular weight is 663 g/mol. The van der Waals surface area contributed by atoms with E-state index < -0.39 is 9.84 Å². The summed E-state index contributed by atoms with van der Waals surface area (Å²) < 4.78 is 29.1. The Morgan fingerprint density at radius 1 is 0.480 bits per heavy atom. The Hall–Kier alpha value is -6.22. The standard InChI is InChI=1S/C45H30N2O2S/c46-27-30-15-20-45-43(21-30)40-13-7-8-14-44(40)47(45)39-19-18-35-29-50(48,49)28-34-17-16-33(25-41(34)42(35)26-39)38-23-36(31-9-3-1-4-10-31)22-37(24-38)32-11-5-2-6-12-32/h1-26H,28-29H2. The summed E-state index contributed by atoms with van der Waals surface area (Å²) in [6.07, 6.45) is 0. The highest BCUT2D eigenvalue weighted by Crippen LogP contribution is 2.41. The van der Waals surface area contributed by atoms with Crippen molar-refractivity contribution >= 4 is 31.6 Å². The highest BCUT2D eigenvalue weighted by atomic mass is 32.2. The zero-order valence-corrected chi connectivity index (χ0v) is 27.9. The molecule has 238 valence electrons. The molecule has 0 spiro atoms. The van der Waals surface area contributed by atoms with Gasteiger partial charge in [-0.1, -0.05) is 97.1 Å². The van der Waals surface area contributed by atoms with Gasteiger partial charge in [-0.2, -0.15) is 5.26 Å². The smallest absolute Gasteiger partial charge is 0.158 e. The van der Waals surface area contributed by atoms with Gasteiger partial charge >= 0.3 is 0 Å². The molecule has 0 atom stereocenters. The lowest BCUT2D eigenvalue weighted by Crippen LogP contribution is -2.05. The molecule has 1 aliphatic rings. The van der Waals surface area contributed by atoms with Crippen LogP contribution in [0, 0.1) is 11.3 Å². The summed E-state index contributed by atoms with van der Waals surface area (Å²) >= 11 is 0. The van der Waals surface area contributed by atoms with Crippen molar-refractivity contribution in [1.29, 1.82) is 5.26 Å². The molecule has 0 N–H and O–H groups in total. The number of rotatable bonds is 4. The fourth-order valence-corrected chi connectivity index (χ4v) is 9.00. The largest absolute Gasteiger partial charge is 0.309 e. The number of benzene rings is 7. The number of sulfone groups is 1. The number of para-hydroxylation sites is 1. The Bertz CT molecular complexity index is 2720. The first-order valence-corrected chi connectivity index (χ1v) is 18.4. The fraction of sp³-hybridized carbons (Fsp3) is 0.0444. The van der Waals surface area contributed by atoms with Crippen LogP contribution in [0.5, 0.6) is 0 Å². The number of nitriles is 1. The maximum atomic E-state index is 13.4. The number of hydrogen-bond donors (Lipinski definition) is 0. The molecular formula is C45H30N2O2S. The van der Waals surface area contributed by atoms with Gasteiger partial charge in [-0.25, -0.2) is 8.42 Å². The van der Waals surface area contributed by atoms with Crippen molar-refractivity contribution in [2.45, 2.75) is 11.5 Å². The van der Waals surface area contributed by atoms with E-state index in [-0.39, 0.29) is 11.5 Å². The van der Waals surface area contributed by atoms with Gasteiger partial charge in [-0.05, 0) is 116 Å². The quantitative estimate of drug-likeness (QED) is 0.188. The Balaban J connectivity index is 1.26. The molecule has 4 nitrogen and oxygen atoms in total. The van der Waals surface area contributed by atoms with Crippen LogP contribution in [-0.4, -0.2) is 13.0 Å². The summed E-state index contributed by atoms with van der Waals surface area (Å²) in [5, 5.41) is 11.7. The average Bonchev–Trinajstić information content (AvgIpc) is 3.43. The lowest BCUT2D eigenvalue weighted by atomic mass is 9.90. The zero-order valence-electron chi connectivity index (χ0n) is 27.0. The first kappa shape index (κ1) is 29.9. The molecule has 0 amide bonds. The molecule has 1 aliphatic heterocycles. The molecule has 5 heteroatoms. The van der Waals surface area contributed by atoms with Crippen molar-refractivity contribution in [3.8, 4) is 56.3 Å². The number of aromatic nitrogens is 1. The summed E-state index contributed by atoms with van der Waals surface area (Å²) in [7, 11) is -3.39. The SMILES string of the molecule is N#Cc1ccc2c(c1)c1ccccc1n2-c1ccc2c(c1)-c1cc(-c3cc(-c4ccccc4)cc(-c4ccccc4)c3)ccc1CS(=O)(=O)C2. The van der Waals surface area contributed by atoms with Gasteiger partial charge in [0.05, 0.1) is 34.2 Å². The van der Waals surface area contributed by atoms with Gasteiger partial charge in [0.15, 0.2) is 9.84 Å². The van der Waals surface area contributed by atoms with Crippen LogP contribution in [0.1, 0.15) is 16.7 Å². The van der Waals surface area contributed by atoms with Crippen LogP contribution in [0.15, 0.2) is 158 Å². The second kappa shape index (κ2) is 11.7. The minimum absolute atomic E-state index is 0.0156. The summed E-state index contributed by atoms with van der Waals surface area (Å²) in [5.74, 6) is -0.0365. The fourth-order valence-electron chi connectivity index (χ4n) is 7.45. The molecule has 0 fully saturated rings. The molecule has 0 bridgehead atoms. The van der Waals surface area contributed by atoms with Crippen molar-refractivity contribution in [1.82, 2.24) is 4.57 Å². The van der Waals surface area contributed by atoms with Gasteiger partial charge in [-0.3, -0.25) is 0 Å². The maximum Gasteiger partial charge on any atom is 0.158 e. The first-order chi connectivity index (χ1) is 24.4. The molecule has 0 saturated carbocycles. The van der Waals surface area contributed by atoms with E-state index in [9.17, 15) is 13.7 Å². The van der Waals surface area contributed by atoms with Crippen molar-refractivity contribution in [2.75, 3.05) is 0 Å². The second-order valence-corrected chi connectivity index (χ2v) is 15.0. The number of nitrogens with zero attached hydrogens (tertiary/aromatic N) is 2. The highest BCUT2D eigenvalue weighted by Gasteiger charge is 2.25. The molecule has 0 unspecified atom stereocenters. The van der Waals surface area contributed by atoms with Crippen molar-refractivity contribution < 1.29 is 8.42 Å².